The number of imidazole rings is 1. The van der Waals surface area contributed by atoms with Gasteiger partial charge in [-0.3, -0.25) is 9.13 Å². The van der Waals surface area contributed by atoms with Gasteiger partial charge in [0.1, 0.15) is 17.8 Å². The van der Waals surface area contributed by atoms with Crippen LogP contribution in [0.1, 0.15) is 62.4 Å². The molecule has 27 heavy (non-hydrogen) atoms. The molecule has 5 rings (SSSR count). The first-order valence-corrected chi connectivity index (χ1v) is 9.76. The summed E-state index contributed by atoms with van der Waals surface area (Å²) < 4.78 is 4.01. The summed E-state index contributed by atoms with van der Waals surface area (Å²) in [5.74, 6) is 3.52. The van der Waals surface area contributed by atoms with Gasteiger partial charge in [0.05, 0.1) is 17.9 Å². The fourth-order valence-corrected chi connectivity index (χ4v) is 4.51. The average molecular weight is 364 g/mol. The van der Waals surface area contributed by atoms with E-state index in [1.807, 2.05) is 30.8 Å². The van der Waals surface area contributed by atoms with Crippen molar-refractivity contribution < 1.29 is 0 Å². The molecule has 0 bridgehead atoms. The normalized spacial score (nSPS) is 19.4. The Morgan fingerprint density at radius 3 is 2.63 bits per heavy atom. The van der Waals surface area contributed by atoms with Crippen molar-refractivity contribution in [1.29, 1.82) is 0 Å². The average Bonchev–Trinajstić information content (AvgIpc) is 3.42. The van der Waals surface area contributed by atoms with Crippen molar-refractivity contribution in [3.63, 3.8) is 0 Å². The van der Waals surface area contributed by atoms with Crippen LogP contribution in [0.2, 0.25) is 0 Å². The Hall–Kier alpha value is -2.77. The fourth-order valence-electron chi connectivity index (χ4n) is 4.51. The number of aromatic nitrogens is 7. The molecule has 0 aromatic carbocycles. The molecule has 0 radical (unpaired) electrons. The Bertz CT molecular complexity index is 982. The van der Waals surface area contributed by atoms with Gasteiger partial charge in [-0.05, 0) is 33.1 Å². The third kappa shape index (κ3) is 2.46. The predicted molar refractivity (Wildman–Crippen MR) is 101 cm³/mol. The molecule has 3 aromatic heterocycles. The summed E-state index contributed by atoms with van der Waals surface area (Å²) in [4.78, 5) is 16.4. The summed E-state index contributed by atoms with van der Waals surface area (Å²) in [5.41, 5.74) is 1.93. The van der Waals surface area contributed by atoms with Crippen LogP contribution in [-0.2, 0) is 0 Å². The second-order valence-electron chi connectivity index (χ2n) is 7.51. The van der Waals surface area contributed by atoms with Crippen LogP contribution in [0, 0.1) is 13.8 Å². The third-order valence-electron chi connectivity index (χ3n) is 5.75. The van der Waals surface area contributed by atoms with E-state index in [0.29, 0.717) is 12.0 Å². The van der Waals surface area contributed by atoms with Gasteiger partial charge in [-0.15, -0.1) is 10.2 Å². The largest absolute Gasteiger partial charge is 0.341 e. The molecule has 1 aliphatic heterocycles. The first-order valence-electron chi connectivity index (χ1n) is 9.76. The van der Waals surface area contributed by atoms with Crippen LogP contribution in [-0.4, -0.2) is 40.3 Å². The Morgan fingerprint density at radius 2 is 1.93 bits per heavy atom. The molecule has 0 saturated heterocycles. The van der Waals surface area contributed by atoms with Crippen molar-refractivity contribution >= 4 is 5.82 Å². The highest BCUT2D eigenvalue weighted by molar-refractivity contribution is 5.63. The lowest BCUT2D eigenvalue weighted by Gasteiger charge is -2.41. The molecular formula is C19H24N8. The quantitative estimate of drug-likeness (QED) is 0.711. The van der Waals surface area contributed by atoms with E-state index >= 15 is 0 Å². The topological polar surface area (TPSA) is 77.5 Å². The zero-order valence-corrected chi connectivity index (χ0v) is 16.0. The molecule has 8 heteroatoms. The molecule has 1 fully saturated rings. The molecule has 0 N–H and O–H groups in total. The second-order valence-corrected chi connectivity index (χ2v) is 7.51. The maximum absolute atomic E-state index is 5.00. The van der Waals surface area contributed by atoms with Crippen molar-refractivity contribution in [2.24, 2.45) is 0 Å². The zero-order chi connectivity index (χ0) is 18.5. The smallest absolute Gasteiger partial charge is 0.236 e. The van der Waals surface area contributed by atoms with Crippen LogP contribution in [0.5, 0.6) is 0 Å². The van der Waals surface area contributed by atoms with Gasteiger partial charge in [0, 0.05) is 12.2 Å². The molecule has 2 aliphatic rings. The number of hydrogen-bond donors (Lipinski definition) is 0. The van der Waals surface area contributed by atoms with E-state index in [9.17, 15) is 0 Å². The number of nitrogens with zero attached hydrogens (tertiary/aromatic N) is 8. The summed E-state index contributed by atoms with van der Waals surface area (Å²) in [7, 11) is 0. The second kappa shape index (κ2) is 6.14. The van der Waals surface area contributed by atoms with E-state index in [1.165, 1.54) is 25.7 Å². The van der Waals surface area contributed by atoms with Crippen LogP contribution < -0.4 is 4.90 Å². The molecule has 3 aromatic rings. The van der Waals surface area contributed by atoms with Gasteiger partial charge < -0.3 is 4.90 Å². The molecule has 1 unspecified atom stereocenters. The standard InChI is InChI=1S/C19H24N8/c1-4-15-18-24-23-13(3)26(18)16-9-20-19(25-10-12(2)21-11-25)22-17(16)27(15)14-7-5-6-8-14/h9-11,14-15H,4-8H2,1-3H3. The predicted octanol–water partition coefficient (Wildman–Crippen LogP) is 3.07. The molecule has 8 nitrogen and oxygen atoms in total. The lowest BCUT2D eigenvalue weighted by Crippen LogP contribution is -2.42. The highest BCUT2D eigenvalue weighted by Crippen LogP contribution is 2.43. The molecule has 1 saturated carbocycles. The van der Waals surface area contributed by atoms with Gasteiger partial charge in [-0.1, -0.05) is 19.8 Å². The highest BCUT2D eigenvalue weighted by Gasteiger charge is 2.39. The summed E-state index contributed by atoms with van der Waals surface area (Å²) in [6.45, 7) is 6.18. The number of rotatable bonds is 3. The van der Waals surface area contributed by atoms with Crippen LogP contribution in [0.25, 0.3) is 11.6 Å². The van der Waals surface area contributed by atoms with Crippen molar-refractivity contribution in [2.75, 3.05) is 4.90 Å². The Kier molecular flexibility index (Phi) is 3.73. The maximum Gasteiger partial charge on any atom is 0.236 e. The van der Waals surface area contributed by atoms with Crippen molar-refractivity contribution in [2.45, 2.75) is 65.0 Å². The SMILES string of the molecule is CCC1c2nnc(C)n2-c2cnc(-n3cnc(C)c3)nc2N1C1CCCC1. The minimum Gasteiger partial charge on any atom is -0.341 e. The van der Waals surface area contributed by atoms with E-state index in [2.05, 4.69) is 36.6 Å². The van der Waals surface area contributed by atoms with Gasteiger partial charge in [0.15, 0.2) is 11.6 Å². The minimum atomic E-state index is 0.189. The Labute approximate surface area is 158 Å². The molecule has 140 valence electrons. The van der Waals surface area contributed by atoms with Crippen LogP contribution in [0.4, 0.5) is 5.82 Å². The Balaban J connectivity index is 1.71. The Morgan fingerprint density at radius 1 is 1.11 bits per heavy atom. The number of fused-ring (bicyclic) bond motifs is 3. The molecule has 1 aliphatic carbocycles. The van der Waals surface area contributed by atoms with Gasteiger partial charge in [0.2, 0.25) is 5.95 Å². The van der Waals surface area contributed by atoms with E-state index < -0.39 is 0 Å². The van der Waals surface area contributed by atoms with E-state index in [-0.39, 0.29) is 6.04 Å². The number of anilines is 1. The molecular weight excluding hydrogens is 340 g/mol. The lowest BCUT2D eigenvalue weighted by molar-refractivity contribution is 0.467. The highest BCUT2D eigenvalue weighted by atomic mass is 15.4. The molecule has 0 spiro atoms. The van der Waals surface area contributed by atoms with Gasteiger partial charge in [-0.25, -0.2) is 9.97 Å². The first kappa shape index (κ1) is 16.4. The van der Waals surface area contributed by atoms with Gasteiger partial charge in [-0.2, -0.15) is 4.98 Å². The van der Waals surface area contributed by atoms with Crippen LogP contribution in [0.15, 0.2) is 18.7 Å². The minimum absolute atomic E-state index is 0.189. The molecule has 0 amide bonds. The summed E-state index contributed by atoms with van der Waals surface area (Å²) in [6.07, 6.45) is 11.6. The molecule has 4 heterocycles. The van der Waals surface area contributed by atoms with E-state index in [0.717, 1.165) is 35.3 Å². The fraction of sp³-hybridized carbons (Fsp3) is 0.526. The lowest BCUT2D eigenvalue weighted by atomic mass is 10.0. The van der Waals surface area contributed by atoms with Crippen molar-refractivity contribution in [3.05, 3.63) is 36.1 Å². The van der Waals surface area contributed by atoms with E-state index in [4.69, 9.17) is 4.98 Å². The van der Waals surface area contributed by atoms with Crippen LogP contribution in [0.3, 0.4) is 0 Å². The van der Waals surface area contributed by atoms with E-state index in [1.54, 1.807) is 6.33 Å². The van der Waals surface area contributed by atoms with Crippen molar-refractivity contribution in [1.82, 2.24) is 34.3 Å². The molecule has 1 atom stereocenters. The van der Waals surface area contributed by atoms with Gasteiger partial charge in [0.25, 0.3) is 0 Å². The third-order valence-corrected chi connectivity index (χ3v) is 5.75. The maximum atomic E-state index is 5.00. The zero-order valence-electron chi connectivity index (χ0n) is 16.0. The summed E-state index contributed by atoms with van der Waals surface area (Å²) >= 11 is 0. The van der Waals surface area contributed by atoms with Gasteiger partial charge >= 0.3 is 0 Å². The number of aryl methyl sites for hydroxylation is 2. The van der Waals surface area contributed by atoms with Crippen molar-refractivity contribution in [3.8, 4) is 11.6 Å². The number of hydrogen-bond acceptors (Lipinski definition) is 6. The van der Waals surface area contributed by atoms with Crippen LogP contribution >= 0.6 is 0 Å². The monoisotopic (exact) mass is 364 g/mol. The summed E-state index contributed by atoms with van der Waals surface area (Å²) in [6, 6.07) is 0.681. The first-order chi connectivity index (χ1) is 13.2. The summed E-state index contributed by atoms with van der Waals surface area (Å²) in [5, 5.41) is 8.87.